The van der Waals surface area contributed by atoms with Crippen LogP contribution in [0.25, 0.3) is 33.7 Å². The van der Waals surface area contributed by atoms with Gasteiger partial charge < -0.3 is 4.42 Å². The number of nitrogens with zero attached hydrogens (tertiary/aromatic N) is 5. The molecule has 6 rings (SSSR count). The van der Waals surface area contributed by atoms with Crippen LogP contribution in [0.15, 0.2) is 93.4 Å². The van der Waals surface area contributed by atoms with E-state index in [1.807, 2.05) is 91.0 Å². The van der Waals surface area contributed by atoms with E-state index in [9.17, 15) is 4.79 Å². The quantitative estimate of drug-likeness (QED) is 0.300. The Morgan fingerprint density at radius 3 is 2.57 bits per heavy atom. The zero-order chi connectivity index (χ0) is 23.9. The van der Waals surface area contributed by atoms with Crippen LogP contribution in [0.2, 0.25) is 0 Å². The number of para-hydroxylation sites is 1. The lowest BCUT2D eigenvalue weighted by Gasteiger charge is -2.14. The molecule has 0 aliphatic carbocycles. The number of hydrogen-bond acceptors (Lipinski definition) is 6. The van der Waals surface area contributed by atoms with Crippen LogP contribution in [0.1, 0.15) is 17.0 Å². The second-order valence-corrected chi connectivity index (χ2v) is 9.21. The maximum Gasteiger partial charge on any atom is 0.267 e. The van der Waals surface area contributed by atoms with Gasteiger partial charge in [0.1, 0.15) is 0 Å². The lowest BCUT2D eigenvalue weighted by molar-refractivity contribution is 0.530. The number of hydrogen-bond donors (Lipinski definition) is 0. The van der Waals surface area contributed by atoms with Gasteiger partial charge in [0.25, 0.3) is 5.56 Å². The van der Waals surface area contributed by atoms with Crippen molar-refractivity contribution in [3.8, 4) is 17.0 Å². The van der Waals surface area contributed by atoms with Crippen molar-refractivity contribution in [2.45, 2.75) is 24.8 Å². The summed E-state index contributed by atoms with van der Waals surface area (Å²) < 4.78 is 9.55. The molecule has 0 atom stereocenters. The van der Waals surface area contributed by atoms with Crippen LogP contribution in [0.4, 0.5) is 0 Å². The van der Waals surface area contributed by atoms with Gasteiger partial charge in [-0.05, 0) is 43.2 Å². The van der Waals surface area contributed by atoms with E-state index in [-0.39, 0.29) is 5.56 Å². The maximum atomic E-state index is 13.6. The highest BCUT2D eigenvalue weighted by Crippen LogP contribution is 2.28. The van der Waals surface area contributed by atoms with Crippen LogP contribution in [-0.2, 0) is 5.75 Å². The molecular weight excluding hydrogens is 458 g/mol. The highest BCUT2D eigenvalue weighted by atomic mass is 32.2. The van der Waals surface area contributed by atoms with E-state index in [1.54, 1.807) is 10.8 Å². The summed E-state index contributed by atoms with van der Waals surface area (Å²) in [6.07, 6.45) is 1.74. The molecular formula is C27H21N5O2S. The first-order valence-electron chi connectivity index (χ1n) is 11.2. The minimum atomic E-state index is -0.119. The summed E-state index contributed by atoms with van der Waals surface area (Å²) in [4.78, 5) is 18.0. The van der Waals surface area contributed by atoms with Crippen LogP contribution in [0, 0.1) is 13.8 Å². The van der Waals surface area contributed by atoms with Gasteiger partial charge in [0.2, 0.25) is 11.7 Å². The van der Waals surface area contributed by atoms with Gasteiger partial charge in [-0.15, -0.1) is 10.2 Å². The van der Waals surface area contributed by atoms with Crippen LogP contribution in [0.3, 0.4) is 0 Å². The molecule has 0 saturated carbocycles. The van der Waals surface area contributed by atoms with Gasteiger partial charge in [-0.25, -0.2) is 9.55 Å². The molecule has 0 N–H and O–H groups in total. The fourth-order valence-corrected chi connectivity index (χ4v) is 5.00. The molecule has 3 heterocycles. The van der Waals surface area contributed by atoms with Crippen molar-refractivity contribution < 1.29 is 4.42 Å². The van der Waals surface area contributed by atoms with E-state index in [0.717, 1.165) is 33.7 Å². The van der Waals surface area contributed by atoms with E-state index in [4.69, 9.17) is 4.42 Å². The molecule has 0 saturated heterocycles. The molecule has 0 aliphatic rings. The Bertz CT molecular complexity index is 1750. The molecule has 0 spiro atoms. The van der Waals surface area contributed by atoms with Gasteiger partial charge in [-0.2, -0.15) is 0 Å². The van der Waals surface area contributed by atoms with Gasteiger partial charge in [0, 0.05) is 5.56 Å². The molecule has 6 aromatic rings. The van der Waals surface area contributed by atoms with Crippen molar-refractivity contribution in [2.75, 3.05) is 0 Å². The lowest BCUT2D eigenvalue weighted by atomic mass is 10.1. The molecule has 8 heteroatoms. The maximum absolute atomic E-state index is 13.6. The molecule has 0 unspecified atom stereocenters. The number of aryl methyl sites for hydroxylation is 1. The van der Waals surface area contributed by atoms with E-state index in [0.29, 0.717) is 28.0 Å². The summed E-state index contributed by atoms with van der Waals surface area (Å²) in [5, 5.41) is 10.2. The Kier molecular flexibility index (Phi) is 5.22. The number of rotatable bonds is 5. The SMILES string of the molecule is Cc1cccc(-n2c(=O)c3ccccc3n3c(SCc4ncc(-c5ccccc5)o4)nnc23)c1C. The van der Waals surface area contributed by atoms with E-state index < -0.39 is 0 Å². The minimum Gasteiger partial charge on any atom is -0.440 e. The molecule has 3 aromatic carbocycles. The van der Waals surface area contributed by atoms with Crippen LogP contribution in [0.5, 0.6) is 0 Å². The van der Waals surface area contributed by atoms with Crippen molar-refractivity contribution in [2.24, 2.45) is 0 Å². The molecule has 0 amide bonds. The largest absolute Gasteiger partial charge is 0.440 e. The third kappa shape index (κ3) is 3.63. The Balaban J connectivity index is 1.45. The molecule has 7 nitrogen and oxygen atoms in total. The summed E-state index contributed by atoms with van der Waals surface area (Å²) in [5.41, 5.74) is 4.55. The number of aromatic nitrogens is 5. The third-order valence-electron chi connectivity index (χ3n) is 6.15. The number of oxazole rings is 1. The summed E-state index contributed by atoms with van der Waals surface area (Å²) in [5.74, 6) is 2.27. The Labute approximate surface area is 205 Å². The molecule has 0 fully saturated rings. The molecule has 0 bridgehead atoms. The minimum absolute atomic E-state index is 0.119. The van der Waals surface area contributed by atoms with Crippen molar-refractivity contribution >= 4 is 28.4 Å². The fourth-order valence-electron chi connectivity index (χ4n) is 4.21. The normalized spacial score (nSPS) is 11.5. The fraction of sp³-hybridized carbons (Fsp3) is 0.111. The smallest absolute Gasteiger partial charge is 0.267 e. The summed E-state index contributed by atoms with van der Waals surface area (Å²) in [6, 6.07) is 23.4. The average Bonchev–Trinajstić information content (AvgIpc) is 3.53. The monoisotopic (exact) mass is 479 g/mol. The standard InChI is InChI=1S/C27H21N5O2S/c1-17-9-8-14-21(18(17)2)31-25(33)20-12-6-7-13-22(20)32-26(31)29-30-27(32)35-16-24-28-15-23(34-24)19-10-4-3-5-11-19/h3-15H,16H2,1-2H3. The first-order valence-corrected chi connectivity index (χ1v) is 12.2. The van der Waals surface area contributed by atoms with Gasteiger partial charge in [0.15, 0.2) is 10.9 Å². The Hall–Kier alpha value is -4.17. The van der Waals surface area contributed by atoms with Crippen molar-refractivity contribution in [3.05, 3.63) is 106 Å². The molecule has 3 aromatic heterocycles. The highest BCUT2D eigenvalue weighted by molar-refractivity contribution is 7.98. The van der Waals surface area contributed by atoms with Gasteiger partial charge >= 0.3 is 0 Å². The Morgan fingerprint density at radius 2 is 1.71 bits per heavy atom. The molecule has 0 radical (unpaired) electrons. The number of thioether (sulfide) groups is 1. The van der Waals surface area contributed by atoms with Crippen LogP contribution in [-0.4, -0.2) is 24.1 Å². The predicted octanol–water partition coefficient (Wildman–Crippen LogP) is 5.60. The topological polar surface area (TPSA) is 78.2 Å². The van der Waals surface area contributed by atoms with Crippen LogP contribution >= 0.6 is 11.8 Å². The molecule has 35 heavy (non-hydrogen) atoms. The number of fused-ring (bicyclic) bond motifs is 3. The predicted molar refractivity (Wildman–Crippen MR) is 137 cm³/mol. The second kappa shape index (κ2) is 8.56. The Morgan fingerprint density at radius 1 is 0.914 bits per heavy atom. The molecule has 0 aliphatic heterocycles. The van der Waals surface area contributed by atoms with E-state index in [2.05, 4.69) is 15.2 Å². The third-order valence-corrected chi connectivity index (χ3v) is 7.06. The van der Waals surface area contributed by atoms with Crippen molar-refractivity contribution in [1.82, 2.24) is 24.1 Å². The van der Waals surface area contributed by atoms with Gasteiger partial charge in [-0.3, -0.25) is 9.20 Å². The van der Waals surface area contributed by atoms with E-state index in [1.165, 1.54) is 11.8 Å². The number of benzene rings is 3. The van der Waals surface area contributed by atoms with Crippen molar-refractivity contribution in [1.29, 1.82) is 0 Å². The first-order chi connectivity index (χ1) is 17.1. The van der Waals surface area contributed by atoms with Gasteiger partial charge in [-0.1, -0.05) is 66.4 Å². The zero-order valence-electron chi connectivity index (χ0n) is 19.2. The van der Waals surface area contributed by atoms with E-state index >= 15 is 0 Å². The first kappa shape index (κ1) is 21.4. The summed E-state index contributed by atoms with van der Waals surface area (Å²) in [6.45, 7) is 4.05. The lowest BCUT2D eigenvalue weighted by Crippen LogP contribution is -2.22. The second-order valence-electron chi connectivity index (χ2n) is 8.27. The average molecular weight is 480 g/mol. The summed E-state index contributed by atoms with van der Waals surface area (Å²) in [7, 11) is 0. The summed E-state index contributed by atoms with van der Waals surface area (Å²) >= 11 is 1.47. The molecule has 172 valence electrons. The zero-order valence-corrected chi connectivity index (χ0v) is 20.0. The van der Waals surface area contributed by atoms with Crippen LogP contribution < -0.4 is 5.56 Å². The van der Waals surface area contributed by atoms with Crippen molar-refractivity contribution in [3.63, 3.8) is 0 Å². The highest BCUT2D eigenvalue weighted by Gasteiger charge is 2.19. The van der Waals surface area contributed by atoms with Gasteiger partial charge in [0.05, 0.1) is 28.5 Å².